The van der Waals surface area contributed by atoms with E-state index in [4.69, 9.17) is 0 Å². The van der Waals surface area contributed by atoms with Gasteiger partial charge in [0.05, 0.1) is 4.90 Å². The van der Waals surface area contributed by atoms with Crippen LogP contribution in [0, 0.1) is 0 Å². The van der Waals surface area contributed by atoms with Gasteiger partial charge >= 0.3 is 0 Å². The first-order valence-corrected chi connectivity index (χ1v) is 8.49. The van der Waals surface area contributed by atoms with Gasteiger partial charge < -0.3 is 0 Å². The minimum atomic E-state index is -3.44. The molecule has 0 unspecified atom stereocenters. The van der Waals surface area contributed by atoms with Gasteiger partial charge in [-0.3, -0.25) is 4.98 Å². The van der Waals surface area contributed by atoms with Gasteiger partial charge in [0.1, 0.15) is 0 Å². The van der Waals surface area contributed by atoms with Crippen molar-refractivity contribution in [2.45, 2.75) is 17.9 Å². The van der Waals surface area contributed by atoms with Crippen LogP contribution in [-0.4, -0.2) is 24.3 Å². The molecule has 0 aliphatic carbocycles. The van der Waals surface area contributed by atoms with Crippen LogP contribution in [0.3, 0.4) is 0 Å². The van der Waals surface area contributed by atoms with Crippen LogP contribution in [0.5, 0.6) is 0 Å². The Morgan fingerprint density at radius 1 is 1.15 bits per heavy atom. The number of fused-ring (bicyclic) bond motifs is 1. The number of nitrogens with zero attached hydrogens (tertiary/aromatic N) is 2. The minimum Gasteiger partial charge on any atom is -0.261 e. The van der Waals surface area contributed by atoms with Crippen LogP contribution in [0.15, 0.2) is 52.0 Å². The smallest absolute Gasteiger partial charge is 0.243 e. The second kappa shape index (κ2) is 5.27. The summed E-state index contributed by atoms with van der Waals surface area (Å²) in [5, 5.41) is 0. The first-order valence-electron chi connectivity index (χ1n) is 6.26. The van der Waals surface area contributed by atoms with Gasteiger partial charge in [-0.05, 0) is 35.9 Å². The zero-order valence-electron chi connectivity index (χ0n) is 10.7. The third kappa shape index (κ3) is 2.51. The molecule has 0 fully saturated rings. The Bertz CT molecular complexity index is 729. The standard InChI is InChI=1S/C14H13BrN2O2S/c15-12-3-5-13(6-4-12)20(18,19)17-9-7-14-11(10-17)2-1-8-16-14/h1-6,8H,7,9-10H2. The Morgan fingerprint density at radius 3 is 2.65 bits per heavy atom. The van der Waals surface area contributed by atoms with E-state index >= 15 is 0 Å². The monoisotopic (exact) mass is 352 g/mol. The first kappa shape index (κ1) is 13.7. The molecule has 1 aliphatic rings. The minimum absolute atomic E-state index is 0.327. The van der Waals surface area contributed by atoms with Gasteiger partial charge in [-0.2, -0.15) is 4.31 Å². The van der Waals surface area contributed by atoms with Crippen LogP contribution in [-0.2, 0) is 23.0 Å². The van der Waals surface area contributed by atoms with Crippen molar-refractivity contribution in [3.05, 3.63) is 58.3 Å². The van der Waals surface area contributed by atoms with E-state index in [2.05, 4.69) is 20.9 Å². The summed E-state index contributed by atoms with van der Waals surface area (Å²) in [6, 6.07) is 10.5. The van der Waals surface area contributed by atoms with Crippen molar-refractivity contribution in [2.75, 3.05) is 6.54 Å². The van der Waals surface area contributed by atoms with E-state index in [-0.39, 0.29) is 0 Å². The third-order valence-electron chi connectivity index (χ3n) is 3.38. The van der Waals surface area contributed by atoms with Crippen molar-refractivity contribution in [2.24, 2.45) is 0 Å². The fraction of sp³-hybridized carbons (Fsp3) is 0.214. The van der Waals surface area contributed by atoms with Gasteiger partial charge in [0.25, 0.3) is 0 Å². The molecule has 0 spiro atoms. The summed E-state index contributed by atoms with van der Waals surface area (Å²) in [6.07, 6.45) is 2.41. The maximum absolute atomic E-state index is 12.6. The zero-order chi connectivity index (χ0) is 14.2. The highest BCUT2D eigenvalue weighted by Gasteiger charge is 2.28. The molecule has 0 saturated heterocycles. The van der Waals surface area contributed by atoms with Crippen LogP contribution in [0.1, 0.15) is 11.3 Å². The molecule has 0 atom stereocenters. The lowest BCUT2D eigenvalue weighted by Gasteiger charge is -2.27. The molecule has 2 heterocycles. The molecule has 2 aromatic rings. The number of aromatic nitrogens is 1. The fourth-order valence-corrected chi connectivity index (χ4v) is 3.98. The average Bonchev–Trinajstić information content (AvgIpc) is 2.47. The second-order valence-corrected chi connectivity index (χ2v) is 7.51. The highest BCUT2D eigenvalue weighted by molar-refractivity contribution is 9.10. The van der Waals surface area contributed by atoms with Crippen molar-refractivity contribution in [3.8, 4) is 0 Å². The predicted octanol–water partition coefficient (Wildman–Crippen LogP) is 2.59. The maximum atomic E-state index is 12.6. The van der Waals surface area contributed by atoms with E-state index in [0.717, 1.165) is 15.7 Å². The van der Waals surface area contributed by atoms with E-state index in [1.54, 1.807) is 30.5 Å². The van der Waals surface area contributed by atoms with Crippen LogP contribution in [0.2, 0.25) is 0 Å². The molecule has 6 heteroatoms. The second-order valence-electron chi connectivity index (χ2n) is 4.65. The summed E-state index contributed by atoms with van der Waals surface area (Å²) >= 11 is 3.31. The van der Waals surface area contributed by atoms with Crippen molar-refractivity contribution in [1.29, 1.82) is 0 Å². The number of rotatable bonds is 2. The fourth-order valence-electron chi connectivity index (χ4n) is 2.30. The molecule has 0 bridgehead atoms. The Labute approximate surface area is 126 Å². The normalized spacial score (nSPS) is 15.8. The first-order chi connectivity index (χ1) is 9.57. The van der Waals surface area contributed by atoms with Gasteiger partial charge in [-0.1, -0.05) is 22.0 Å². The summed E-state index contributed by atoms with van der Waals surface area (Å²) in [7, 11) is -3.44. The molecule has 0 N–H and O–H groups in total. The SMILES string of the molecule is O=S(=O)(c1ccc(Br)cc1)N1CCc2ncccc2C1. The number of hydrogen-bond donors (Lipinski definition) is 0. The highest BCUT2D eigenvalue weighted by atomic mass is 79.9. The summed E-state index contributed by atoms with van der Waals surface area (Å²) in [5.41, 5.74) is 1.98. The van der Waals surface area contributed by atoms with Crippen LogP contribution < -0.4 is 0 Å². The van der Waals surface area contributed by atoms with Crippen molar-refractivity contribution in [3.63, 3.8) is 0 Å². The lowest BCUT2D eigenvalue weighted by atomic mass is 10.1. The van der Waals surface area contributed by atoms with Gasteiger partial charge in [-0.15, -0.1) is 0 Å². The highest BCUT2D eigenvalue weighted by Crippen LogP contribution is 2.24. The van der Waals surface area contributed by atoms with E-state index in [0.29, 0.717) is 24.4 Å². The summed E-state index contributed by atoms with van der Waals surface area (Å²) in [5.74, 6) is 0. The lowest BCUT2D eigenvalue weighted by Crippen LogP contribution is -2.36. The van der Waals surface area contributed by atoms with Crippen LogP contribution >= 0.6 is 15.9 Å². The van der Waals surface area contributed by atoms with Crippen LogP contribution in [0.4, 0.5) is 0 Å². The Kier molecular flexibility index (Phi) is 3.62. The molecule has 1 aliphatic heterocycles. The molecule has 104 valence electrons. The number of sulfonamides is 1. The molecule has 0 amide bonds. The van der Waals surface area contributed by atoms with E-state index in [1.165, 1.54) is 4.31 Å². The quantitative estimate of drug-likeness (QED) is 0.834. The molecule has 0 radical (unpaired) electrons. The van der Waals surface area contributed by atoms with E-state index < -0.39 is 10.0 Å². The van der Waals surface area contributed by atoms with Gasteiger partial charge in [0.2, 0.25) is 10.0 Å². The molecule has 3 rings (SSSR count). The summed E-state index contributed by atoms with van der Waals surface area (Å²) in [6.45, 7) is 0.865. The number of benzene rings is 1. The summed E-state index contributed by atoms with van der Waals surface area (Å²) in [4.78, 5) is 4.62. The molecule has 20 heavy (non-hydrogen) atoms. The molecule has 4 nitrogen and oxygen atoms in total. The lowest BCUT2D eigenvalue weighted by molar-refractivity contribution is 0.388. The molecule has 0 saturated carbocycles. The maximum Gasteiger partial charge on any atom is 0.243 e. The van der Waals surface area contributed by atoms with E-state index in [1.807, 2.05) is 12.1 Å². The Balaban J connectivity index is 1.92. The van der Waals surface area contributed by atoms with Crippen molar-refractivity contribution in [1.82, 2.24) is 9.29 Å². The molecular weight excluding hydrogens is 340 g/mol. The van der Waals surface area contributed by atoms with Gasteiger partial charge in [-0.25, -0.2) is 8.42 Å². The molecule has 1 aromatic carbocycles. The van der Waals surface area contributed by atoms with Crippen LogP contribution in [0.25, 0.3) is 0 Å². The largest absolute Gasteiger partial charge is 0.261 e. The van der Waals surface area contributed by atoms with Crippen molar-refractivity contribution < 1.29 is 8.42 Å². The predicted molar refractivity (Wildman–Crippen MR) is 79.7 cm³/mol. The van der Waals surface area contributed by atoms with E-state index in [9.17, 15) is 8.42 Å². The average molecular weight is 353 g/mol. The molecular formula is C14H13BrN2O2S. The number of hydrogen-bond acceptors (Lipinski definition) is 3. The third-order valence-corrected chi connectivity index (χ3v) is 5.77. The van der Waals surface area contributed by atoms with Gasteiger partial charge in [0, 0.05) is 35.9 Å². The Hall–Kier alpha value is -1.24. The Morgan fingerprint density at radius 2 is 1.90 bits per heavy atom. The molecule has 1 aromatic heterocycles. The number of pyridine rings is 1. The summed E-state index contributed by atoms with van der Waals surface area (Å²) < 4.78 is 27.6. The van der Waals surface area contributed by atoms with Crippen molar-refractivity contribution >= 4 is 26.0 Å². The van der Waals surface area contributed by atoms with Gasteiger partial charge in [0.15, 0.2) is 0 Å². The number of halogens is 1. The zero-order valence-corrected chi connectivity index (χ0v) is 13.1. The topological polar surface area (TPSA) is 50.3 Å².